The van der Waals surface area contributed by atoms with E-state index in [1.165, 1.54) is 25.3 Å². The van der Waals surface area contributed by atoms with Crippen LogP contribution in [-0.2, 0) is 4.79 Å². The Labute approximate surface area is 147 Å². The van der Waals surface area contributed by atoms with Crippen molar-refractivity contribution in [2.24, 2.45) is 0 Å². The molecule has 2 rings (SSSR count). The third-order valence-electron chi connectivity index (χ3n) is 3.23. The van der Waals surface area contributed by atoms with Crippen molar-refractivity contribution < 1.29 is 14.5 Å². The molecule has 0 unspecified atom stereocenters. The zero-order chi connectivity index (χ0) is 17.7. The number of nitrogens with one attached hydrogen (secondary N) is 2. The van der Waals surface area contributed by atoms with Crippen molar-refractivity contribution in [2.45, 2.75) is 6.92 Å². The highest BCUT2D eigenvalue weighted by Gasteiger charge is 2.12. The van der Waals surface area contributed by atoms with E-state index < -0.39 is 4.92 Å². The van der Waals surface area contributed by atoms with Gasteiger partial charge in [0.15, 0.2) is 0 Å². The second-order valence-electron chi connectivity index (χ2n) is 5.03. The molecule has 1 amide bonds. The molecule has 0 aliphatic carbocycles. The minimum Gasteiger partial charge on any atom is -0.495 e. The topological polar surface area (TPSA) is 93.5 Å². The number of amides is 1. The van der Waals surface area contributed by atoms with Crippen LogP contribution in [-0.4, -0.2) is 24.5 Å². The average molecular weight is 394 g/mol. The van der Waals surface area contributed by atoms with Gasteiger partial charge in [0.1, 0.15) is 5.75 Å². The third kappa shape index (κ3) is 4.45. The molecule has 126 valence electrons. The second kappa shape index (κ2) is 7.78. The monoisotopic (exact) mass is 393 g/mol. The highest BCUT2D eigenvalue weighted by Crippen LogP contribution is 2.29. The van der Waals surface area contributed by atoms with Crippen LogP contribution in [0, 0.1) is 17.0 Å². The molecule has 8 heteroatoms. The fourth-order valence-corrected chi connectivity index (χ4v) is 2.63. The lowest BCUT2D eigenvalue weighted by Crippen LogP contribution is -2.22. The summed E-state index contributed by atoms with van der Waals surface area (Å²) in [6, 6.07) is 9.73. The Bertz CT molecular complexity index is 780. The maximum atomic E-state index is 12.1. The van der Waals surface area contributed by atoms with Crippen LogP contribution in [0.1, 0.15) is 5.56 Å². The first-order valence-electron chi connectivity index (χ1n) is 7.03. The van der Waals surface area contributed by atoms with Gasteiger partial charge in [0.2, 0.25) is 5.91 Å². The van der Waals surface area contributed by atoms with Gasteiger partial charge in [0.25, 0.3) is 5.69 Å². The van der Waals surface area contributed by atoms with Crippen molar-refractivity contribution in [3.63, 3.8) is 0 Å². The van der Waals surface area contributed by atoms with E-state index in [4.69, 9.17) is 4.74 Å². The lowest BCUT2D eigenvalue weighted by atomic mass is 10.2. The number of rotatable bonds is 6. The lowest BCUT2D eigenvalue weighted by molar-refractivity contribution is -0.384. The molecule has 7 nitrogen and oxygen atoms in total. The van der Waals surface area contributed by atoms with Crippen LogP contribution in [0.15, 0.2) is 40.9 Å². The molecule has 24 heavy (non-hydrogen) atoms. The number of hydrogen-bond donors (Lipinski definition) is 2. The number of hydrogen-bond acceptors (Lipinski definition) is 5. The van der Waals surface area contributed by atoms with E-state index in [1.807, 2.05) is 19.1 Å². The van der Waals surface area contributed by atoms with Gasteiger partial charge in [0, 0.05) is 16.6 Å². The summed E-state index contributed by atoms with van der Waals surface area (Å²) < 4.78 is 5.92. The quantitative estimate of drug-likeness (QED) is 0.575. The normalized spacial score (nSPS) is 10.1. The summed E-state index contributed by atoms with van der Waals surface area (Å²) in [7, 11) is 1.45. The summed E-state index contributed by atoms with van der Waals surface area (Å²) in [6.07, 6.45) is 0. The van der Waals surface area contributed by atoms with Gasteiger partial charge in [-0.25, -0.2) is 0 Å². The van der Waals surface area contributed by atoms with Crippen molar-refractivity contribution in [1.82, 2.24) is 0 Å². The average Bonchev–Trinajstić information content (AvgIpc) is 2.55. The second-order valence-corrected chi connectivity index (χ2v) is 5.88. The number of ether oxygens (including phenoxy) is 1. The number of halogens is 1. The Kier molecular flexibility index (Phi) is 5.75. The fourth-order valence-electron chi connectivity index (χ4n) is 2.04. The zero-order valence-corrected chi connectivity index (χ0v) is 14.7. The Morgan fingerprint density at radius 1 is 1.25 bits per heavy atom. The largest absolute Gasteiger partial charge is 0.495 e. The molecule has 0 atom stereocenters. The standard InChI is InChI=1S/C16H16BrN3O4/c1-10-3-5-13(12(17)7-10)19-16(21)9-18-14-8-11(20(22)23)4-6-15(14)24-2/h3-8,18H,9H2,1-2H3,(H,19,21). The van der Waals surface area contributed by atoms with Gasteiger partial charge in [0.05, 0.1) is 30.0 Å². The van der Waals surface area contributed by atoms with Crippen LogP contribution in [0.3, 0.4) is 0 Å². The number of nitro groups is 1. The molecule has 0 aliphatic rings. The molecule has 2 N–H and O–H groups in total. The Balaban J connectivity index is 2.05. The van der Waals surface area contributed by atoms with Crippen LogP contribution < -0.4 is 15.4 Å². The number of anilines is 2. The molecule has 0 radical (unpaired) electrons. The molecule has 2 aromatic carbocycles. The van der Waals surface area contributed by atoms with Gasteiger partial charge >= 0.3 is 0 Å². The molecule has 0 bridgehead atoms. The smallest absolute Gasteiger partial charge is 0.271 e. The Morgan fingerprint density at radius 2 is 2.00 bits per heavy atom. The lowest BCUT2D eigenvalue weighted by Gasteiger charge is -2.12. The molecule has 0 fully saturated rings. The van der Waals surface area contributed by atoms with Crippen LogP contribution in [0.2, 0.25) is 0 Å². The van der Waals surface area contributed by atoms with E-state index in [1.54, 1.807) is 6.07 Å². The molecule has 0 heterocycles. The van der Waals surface area contributed by atoms with Gasteiger partial charge in [-0.1, -0.05) is 6.07 Å². The molecule has 0 saturated carbocycles. The van der Waals surface area contributed by atoms with Crippen molar-refractivity contribution >= 4 is 38.9 Å². The van der Waals surface area contributed by atoms with Crippen molar-refractivity contribution in [3.05, 3.63) is 56.5 Å². The third-order valence-corrected chi connectivity index (χ3v) is 3.89. The molecular formula is C16H16BrN3O4. The van der Waals surface area contributed by atoms with Crippen LogP contribution in [0.5, 0.6) is 5.75 Å². The summed E-state index contributed by atoms with van der Waals surface area (Å²) in [5, 5.41) is 16.5. The number of aryl methyl sites for hydroxylation is 1. The first-order valence-corrected chi connectivity index (χ1v) is 7.82. The molecular weight excluding hydrogens is 378 g/mol. The predicted octanol–water partition coefficient (Wildman–Crippen LogP) is 3.72. The van der Waals surface area contributed by atoms with E-state index in [-0.39, 0.29) is 18.1 Å². The summed E-state index contributed by atoms with van der Waals surface area (Å²) in [5.74, 6) is 0.137. The van der Waals surface area contributed by atoms with Crippen LogP contribution in [0.25, 0.3) is 0 Å². The van der Waals surface area contributed by atoms with Gasteiger partial charge in [-0.05, 0) is 46.6 Å². The highest BCUT2D eigenvalue weighted by molar-refractivity contribution is 9.10. The number of nitrogens with zero attached hydrogens (tertiary/aromatic N) is 1. The van der Waals surface area contributed by atoms with E-state index in [2.05, 4.69) is 26.6 Å². The predicted molar refractivity (Wildman–Crippen MR) is 95.6 cm³/mol. The van der Waals surface area contributed by atoms with Gasteiger partial charge < -0.3 is 15.4 Å². The van der Waals surface area contributed by atoms with Crippen molar-refractivity contribution in [2.75, 3.05) is 24.3 Å². The van der Waals surface area contributed by atoms with E-state index in [0.29, 0.717) is 17.1 Å². The molecule has 0 aliphatic heterocycles. The first-order chi connectivity index (χ1) is 11.4. The number of benzene rings is 2. The van der Waals surface area contributed by atoms with Crippen molar-refractivity contribution in [3.8, 4) is 5.75 Å². The summed E-state index contributed by atoms with van der Waals surface area (Å²) >= 11 is 3.39. The van der Waals surface area contributed by atoms with Crippen LogP contribution >= 0.6 is 15.9 Å². The van der Waals surface area contributed by atoms with Crippen molar-refractivity contribution in [1.29, 1.82) is 0 Å². The zero-order valence-electron chi connectivity index (χ0n) is 13.1. The molecule has 0 saturated heterocycles. The molecule has 0 aromatic heterocycles. The molecule has 0 spiro atoms. The number of nitro benzene ring substituents is 1. The van der Waals surface area contributed by atoms with E-state index in [9.17, 15) is 14.9 Å². The summed E-state index contributed by atoms with van der Waals surface area (Å²) in [5.41, 5.74) is 2.02. The fraction of sp³-hybridized carbons (Fsp3) is 0.188. The molecule has 2 aromatic rings. The van der Waals surface area contributed by atoms with Gasteiger partial charge in [-0.2, -0.15) is 0 Å². The number of carbonyl (C=O) groups is 1. The van der Waals surface area contributed by atoms with Gasteiger partial charge in [-0.15, -0.1) is 0 Å². The minimum atomic E-state index is -0.506. The number of non-ortho nitro benzene ring substituents is 1. The number of methoxy groups -OCH3 is 1. The van der Waals surface area contributed by atoms with Crippen LogP contribution in [0.4, 0.5) is 17.1 Å². The Hall–Kier alpha value is -2.61. The Morgan fingerprint density at radius 3 is 2.62 bits per heavy atom. The number of carbonyl (C=O) groups excluding carboxylic acids is 1. The first kappa shape index (κ1) is 17.7. The SMILES string of the molecule is COc1ccc([N+](=O)[O-])cc1NCC(=O)Nc1ccc(C)cc1Br. The van der Waals surface area contributed by atoms with E-state index >= 15 is 0 Å². The summed E-state index contributed by atoms with van der Waals surface area (Å²) in [6.45, 7) is 1.89. The maximum absolute atomic E-state index is 12.1. The minimum absolute atomic E-state index is 0.0577. The van der Waals surface area contributed by atoms with E-state index in [0.717, 1.165) is 10.0 Å². The highest BCUT2D eigenvalue weighted by atomic mass is 79.9. The van der Waals surface area contributed by atoms with Gasteiger partial charge in [-0.3, -0.25) is 14.9 Å². The summed E-state index contributed by atoms with van der Waals surface area (Å²) in [4.78, 5) is 22.4. The maximum Gasteiger partial charge on any atom is 0.271 e.